The lowest BCUT2D eigenvalue weighted by molar-refractivity contribution is 0.0695. The second-order valence-corrected chi connectivity index (χ2v) is 10.8. The molecule has 0 amide bonds. The predicted molar refractivity (Wildman–Crippen MR) is 143 cm³/mol. The predicted octanol–water partition coefficient (Wildman–Crippen LogP) is 6.84. The van der Waals surface area contributed by atoms with Crippen LogP contribution < -0.4 is 9.47 Å². The van der Waals surface area contributed by atoms with Crippen LogP contribution in [0, 0.1) is 5.82 Å². The fourth-order valence-corrected chi connectivity index (χ4v) is 5.80. The van der Waals surface area contributed by atoms with Gasteiger partial charge in [0.05, 0.1) is 16.1 Å². The van der Waals surface area contributed by atoms with E-state index in [9.17, 15) is 14.3 Å². The lowest BCUT2D eigenvalue weighted by atomic mass is 10.1. The summed E-state index contributed by atoms with van der Waals surface area (Å²) < 4.78 is 28.5. The van der Waals surface area contributed by atoms with Crippen molar-refractivity contribution >= 4 is 51.5 Å². The number of hydrogen-bond acceptors (Lipinski definition) is 6. The molecular weight excluding hydrogens is 540 g/mol. The molecule has 1 N–H and O–H groups in total. The number of ether oxygens (including phenoxy) is 2. The van der Waals surface area contributed by atoms with Gasteiger partial charge in [-0.15, -0.1) is 11.3 Å². The zero-order valence-electron chi connectivity index (χ0n) is 20.1. The molecule has 11 heteroatoms. The van der Waals surface area contributed by atoms with Crippen molar-refractivity contribution in [1.82, 2.24) is 14.5 Å². The van der Waals surface area contributed by atoms with Gasteiger partial charge in [0.1, 0.15) is 29.3 Å². The topological polar surface area (TPSA) is 76.8 Å². The molecule has 0 aliphatic carbocycles. The minimum atomic E-state index is -1.12. The number of likely N-dealkylation sites (tertiary alicyclic amines) is 1. The minimum Gasteiger partial charge on any atom is -0.486 e. The summed E-state index contributed by atoms with van der Waals surface area (Å²) in [7, 11) is 2.04. The third kappa shape index (κ3) is 5.27. The van der Waals surface area contributed by atoms with Crippen molar-refractivity contribution in [2.75, 3.05) is 20.1 Å². The zero-order valence-corrected chi connectivity index (χ0v) is 22.4. The maximum Gasteiger partial charge on any atom is 0.349 e. The van der Waals surface area contributed by atoms with E-state index in [1.165, 1.54) is 12.1 Å². The number of carboxylic acid groups (broad SMARTS) is 1. The average Bonchev–Trinajstić information content (AvgIpc) is 3.46. The van der Waals surface area contributed by atoms with Crippen LogP contribution in [-0.2, 0) is 0 Å². The number of thiophene rings is 1. The smallest absolute Gasteiger partial charge is 0.349 e. The number of aromatic carboxylic acids is 1. The molecule has 1 aliphatic rings. The molecule has 3 heterocycles. The summed E-state index contributed by atoms with van der Waals surface area (Å²) in [6, 6.07) is 9.77. The van der Waals surface area contributed by atoms with Crippen LogP contribution in [0.25, 0.3) is 16.0 Å². The quantitative estimate of drug-likeness (QED) is 0.265. The van der Waals surface area contributed by atoms with E-state index in [1.54, 1.807) is 36.0 Å². The Hall–Kier alpha value is -2.85. The molecule has 0 saturated carbocycles. The van der Waals surface area contributed by atoms with Crippen molar-refractivity contribution in [3.8, 4) is 16.5 Å². The molecule has 1 fully saturated rings. The van der Waals surface area contributed by atoms with Crippen molar-refractivity contribution in [3.05, 3.63) is 69.0 Å². The minimum absolute atomic E-state index is 0.00261. The summed E-state index contributed by atoms with van der Waals surface area (Å²) >= 11 is 13.7. The van der Waals surface area contributed by atoms with Gasteiger partial charge in [-0.05, 0) is 51.1 Å². The molecule has 5 rings (SSSR count). The van der Waals surface area contributed by atoms with E-state index in [0.29, 0.717) is 21.1 Å². The van der Waals surface area contributed by atoms with Crippen molar-refractivity contribution in [3.63, 3.8) is 0 Å². The van der Waals surface area contributed by atoms with Gasteiger partial charge in [0.25, 0.3) is 0 Å². The van der Waals surface area contributed by atoms with Gasteiger partial charge in [-0.2, -0.15) is 0 Å². The number of rotatable bonds is 7. The molecule has 7 nitrogen and oxygen atoms in total. The Morgan fingerprint density at radius 1 is 1.22 bits per heavy atom. The first-order chi connectivity index (χ1) is 17.7. The van der Waals surface area contributed by atoms with Crippen molar-refractivity contribution in [1.29, 1.82) is 0 Å². The molecule has 194 valence electrons. The Morgan fingerprint density at radius 2 is 1.97 bits per heavy atom. The van der Waals surface area contributed by atoms with Crippen LogP contribution in [0.1, 0.15) is 41.1 Å². The van der Waals surface area contributed by atoms with E-state index in [4.69, 9.17) is 32.7 Å². The first kappa shape index (κ1) is 25.8. The summed E-state index contributed by atoms with van der Waals surface area (Å²) in [6.07, 6.45) is 2.35. The number of fused-ring (bicyclic) bond motifs is 1. The number of nitrogens with zero attached hydrogens (tertiary/aromatic N) is 3. The number of carboxylic acids is 1. The first-order valence-electron chi connectivity index (χ1n) is 11.7. The molecule has 0 unspecified atom stereocenters. The van der Waals surface area contributed by atoms with Crippen molar-refractivity contribution < 1.29 is 23.8 Å². The molecule has 1 atom stereocenters. The monoisotopic (exact) mass is 563 g/mol. The molecule has 1 saturated heterocycles. The number of imidazole rings is 1. The van der Waals surface area contributed by atoms with E-state index in [2.05, 4.69) is 9.88 Å². The molecule has 1 aliphatic heterocycles. The molecular formula is C26H24Cl2FN3O4S. The van der Waals surface area contributed by atoms with Crippen LogP contribution in [0.3, 0.4) is 0 Å². The van der Waals surface area contributed by atoms with Gasteiger partial charge in [-0.25, -0.2) is 14.2 Å². The highest BCUT2D eigenvalue weighted by molar-refractivity contribution is 7.16. The van der Waals surface area contributed by atoms with Gasteiger partial charge in [-0.3, -0.25) is 4.57 Å². The highest BCUT2D eigenvalue weighted by atomic mass is 35.5. The molecule has 0 bridgehead atoms. The second kappa shape index (κ2) is 10.5. The number of carbonyl (C=O) groups is 1. The molecule has 37 heavy (non-hydrogen) atoms. The van der Waals surface area contributed by atoms with Crippen LogP contribution in [0.15, 0.2) is 42.7 Å². The van der Waals surface area contributed by atoms with Crippen LogP contribution in [-0.4, -0.2) is 51.8 Å². The fourth-order valence-electron chi connectivity index (χ4n) is 4.37. The van der Waals surface area contributed by atoms with E-state index >= 15 is 0 Å². The van der Waals surface area contributed by atoms with E-state index < -0.39 is 17.9 Å². The van der Waals surface area contributed by atoms with Gasteiger partial charge < -0.3 is 19.5 Å². The number of halogens is 3. The highest BCUT2D eigenvalue weighted by Gasteiger charge is 2.26. The SMILES string of the molecule is C[C@@H](Oc1cc(-n2cnc3cc(Cl)ccc32)sc1C(=O)O)c1ccc(F)c(OC2CCN(C)CC2)c1Cl. The number of piperidine rings is 1. The maximum absolute atomic E-state index is 14.7. The summed E-state index contributed by atoms with van der Waals surface area (Å²) in [5.41, 5.74) is 1.96. The van der Waals surface area contributed by atoms with E-state index in [0.717, 1.165) is 42.8 Å². The summed E-state index contributed by atoms with van der Waals surface area (Å²) in [5.74, 6) is -1.50. The Labute approximate surface area is 226 Å². The van der Waals surface area contributed by atoms with Crippen molar-refractivity contribution in [2.45, 2.75) is 32.0 Å². The molecule has 0 spiro atoms. The van der Waals surface area contributed by atoms with Crippen LogP contribution >= 0.6 is 34.5 Å². The summed E-state index contributed by atoms with van der Waals surface area (Å²) in [5, 5.41) is 11.1. The molecule has 2 aromatic carbocycles. The zero-order chi connectivity index (χ0) is 26.3. The Bertz CT molecular complexity index is 1470. The Morgan fingerprint density at radius 3 is 2.70 bits per heavy atom. The number of benzene rings is 2. The van der Waals surface area contributed by atoms with Crippen molar-refractivity contribution in [2.24, 2.45) is 0 Å². The van der Waals surface area contributed by atoms with Gasteiger partial charge in [-0.1, -0.05) is 29.3 Å². The highest BCUT2D eigenvalue weighted by Crippen LogP contribution is 2.40. The molecule has 0 radical (unpaired) electrons. The average molecular weight is 564 g/mol. The summed E-state index contributed by atoms with van der Waals surface area (Å²) in [6.45, 7) is 3.46. The number of aromatic nitrogens is 2. The van der Waals surface area contributed by atoms with Gasteiger partial charge in [0.2, 0.25) is 0 Å². The van der Waals surface area contributed by atoms with Gasteiger partial charge >= 0.3 is 5.97 Å². The molecule has 4 aromatic rings. The maximum atomic E-state index is 14.7. The number of hydrogen-bond donors (Lipinski definition) is 1. The summed E-state index contributed by atoms with van der Waals surface area (Å²) in [4.78, 5) is 18.6. The molecule has 2 aromatic heterocycles. The normalized spacial score (nSPS) is 15.7. The van der Waals surface area contributed by atoms with Crippen LogP contribution in [0.5, 0.6) is 11.5 Å². The van der Waals surface area contributed by atoms with Crippen LogP contribution in [0.2, 0.25) is 10.0 Å². The van der Waals surface area contributed by atoms with E-state index in [-0.39, 0.29) is 27.5 Å². The van der Waals surface area contributed by atoms with Crippen LogP contribution in [0.4, 0.5) is 4.39 Å². The largest absolute Gasteiger partial charge is 0.486 e. The van der Waals surface area contributed by atoms with Gasteiger partial charge in [0.15, 0.2) is 16.4 Å². The Kier molecular flexibility index (Phi) is 7.31. The first-order valence-corrected chi connectivity index (χ1v) is 13.3. The lowest BCUT2D eigenvalue weighted by Crippen LogP contribution is -2.35. The van der Waals surface area contributed by atoms with E-state index in [1.807, 2.05) is 13.1 Å². The lowest BCUT2D eigenvalue weighted by Gasteiger charge is -2.30. The fraction of sp³-hybridized carbons (Fsp3) is 0.308. The van der Waals surface area contributed by atoms with Gasteiger partial charge in [0, 0.05) is 29.7 Å². The Balaban J connectivity index is 1.42. The second-order valence-electron chi connectivity index (χ2n) is 8.99. The standard InChI is InChI=1S/C26H24Cl2FN3O4S/c1-14(17-4-5-18(29)24(23(17)28)36-16-7-9-31(2)10-8-16)35-21-12-22(37-25(21)26(33)34)32-13-30-19-11-15(27)3-6-20(19)32/h3-6,11-14,16H,7-10H2,1-2H3,(H,33,34)/t14-/m1/s1. The third-order valence-corrected chi connectivity index (χ3v) is 8.13. The third-order valence-electron chi connectivity index (χ3n) is 6.40.